The summed E-state index contributed by atoms with van der Waals surface area (Å²) in [6.07, 6.45) is 4.65. The Balaban J connectivity index is 0.000000230. The molecule has 4 rings (SSSR count). The topological polar surface area (TPSA) is 134 Å². The van der Waals surface area contributed by atoms with Crippen LogP contribution < -0.4 is 0 Å². The number of aliphatic carboxylic acids is 2. The van der Waals surface area contributed by atoms with E-state index in [0.29, 0.717) is 51.4 Å². The number of amides is 2. The van der Waals surface area contributed by atoms with Gasteiger partial charge in [-0.05, 0) is 62.5 Å². The van der Waals surface area contributed by atoms with Crippen molar-refractivity contribution in [3.8, 4) is 0 Å². The highest BCUT2D eigenvalue weighted by atomic mass is 16.6. The van der Waals surface area contributed by atoms with Crippen LogP contribution in [-0.4, -0.2) is 70.3 Å². The maximum atomic E-state index is 12.0. The molecule has 0 unspecified atom stereocenters. The number of rotatable bonds is 8. The normalized spacial score (nSPS) is 21.6. The van der Waals surface area contributed by atoms with Gasteiger partial charge in [0, 0.05) is 26.2 Å². The number of carboxylic acid groups (broad SMARTS) is 2. The Hall–Kier alpha value is -4.08. The number of ether oxygens (including phenoxy) is 2. The summed E-state index contributed by atoms with van der Waals surface area (Å²) in [6, 6.07) is 19.2. The van der Waals surface area contributed by atoms with Crippen LogP contribution in [0.5, 0.6) is 0 Å². The van der Waals surface area contributed by atoms with E-state index in [4.69, 9.17) is 19.7 Å². The maximum Gasteiger partial charge on any atom is 0.410 e. The van der Waals surface area contributed by atoms with Gasteiger partial charge in [0.1, 0.15) is 13.2 Å². The van der Waals surface area contributed by atoms with Crippen molar-refractivity contribution in [2.24, 2.45) is 11.8 Å². The number of carbonyl (C=O) groups is 4. The Morgan fingerprint density at radius 2 is 0.905 bits per heavy atom. The summed E-state index contributed by atoms with van der Waals surface area (Å²) < 4.78 is 10.6. The van der Waals surface area contributed by atoms with Gasteiger partial charge in [0.2, 0.25) is 0 Å². The maximum absolute atomic E-state index is 12.0. The van der Waals surface area contributed by atoms with Gasteiger partial charge in [0.15, 0.2) is 0 Å². The van der Waals surface area contributed by atoms with Crippen molar-refractivity contribution >= 4 is 24.1 Å². The van der Waals surface area contributed by atoms with Gasteiger partial charge in [0.25, 0.3) is 0 Å². The molecule has 0 bridgehead atoms. The van der Waals surface area contributed by atoms with Crippen LogP contribution >= 0.6 is 0 Å². The van der Waals surface area contributed by atoms with Crippen LogP contribution in [0.25, 0.3) is 0 Å². The van der Waals surface area contributed by atoms with Gasteiger partial charge in [0.05, 0.1) is 11.8 Å². The fourth-order valence-corrected chi connectivity index (χ4v) is 5.36. The second-order valence-corrected chi connectivity index (χ2v) is 11.0. The van der Waals surface area contributed by atoms with Crippen LogP contribution in [0, 0.1) is 11.8 Å². The molecule has 2 N–H and O–H groups in total. The minimum atomic E-state index is -0.734. The number of benzene rings is 2. The minimum Gasteiger partial charge on any atom is -0.481 e. The van der Waals surface area contributed by atoms with Crippen LogP contribution in [0.15, 0.2) is 60.7 Å². The smallest absolute Gasteiger partial charge is 0.410 e. The predicted molar refractivity (Wildman–Crippen MR) is 156 cm³/mol. The Morgan fingerprint density at radius 3 is 1.19 bits per heavy atom. The van der Waals surface area contributed by atoms with Gasteiger partial charge in [-0.2, -0.15) is 0 Å². The highest BCUT2D eigenvalue weighted by molar-refractivity contribution is 5.71. The highest BCUT2D eigenvalue weighted by Gasteiger charge is 2.31. The highest BCUT2D eigenvalue weighted by Crippen LogP contribution is 2.28. The van der Waals surface area contributed by atoms with E-state index in [1.54, 1.807) is 23.9 Å². The van der Waals surface area contributed by atoms with E-state index in [0.717, 1.165) is 11.1 Å². The molecule has 0 radical (unpaired) electrons. The fraction of sp³-hybridized carbons (Fsp3) is 0.500. The third-order valence-electron chi connectivity index (χ3n) is 8.17. The molecule has 2 fully saturated rings. The Morgan fingerprint density at radius 1 is 0.595 bits per heavy atom. The molecule has 0 aromatic heterocycles. The summed E-state index contributed by atoms with van der Waals surface area (Å²) in [7, 11) is 3.44. The lowest BCUT2D eigenvalue weighted by molar-refractivity contribution is -0.144. The van der Waals surface area contributed by atoms with E-state index in [1.165, 1.54) is 0 Å². The summed E-state index contributed by atoms with van der Waals surface area (Å²) in [4.78, 5) is 49.1. The molecule has 10 nitrogen and oxygen atoms in total. The summed E-state index contributed by atoms with van der Waals surface area (Å²) in [5.74, 6) is -2.00. The van der Waals surface area contributed by atoms with Gasteiger partial charge in [-0.3, -0.25) is 9.59 Å². The van der Waals surface area contributed by atoms with Crippen molar-refractivity contribution in [1.29, 1.82) is 0 Å². The van der Waals surface area contributed by atoms with Crippen molar-refractivity contribution < 1.29 is 38.9 Å². The molecule has 2 aromatic rings. The van der Waals surface area contributed by atoms with Crippen molar-refractivity contribution in [1.82, 2.24) is 9.80 Å². The summed E-state index contributed by atoms with van der Waals surface area (Å²) in [5, 5.41) is 18.0. The fourth-order valence-electron chi connectivity index (χ4n) is 5.36. The molecule has 2 aliphatic rings. The zero-order valence-corrected chi connectivity index (χ0v) is 24.4. The molecule has 2 amide bonds. The van der Waals surface area contributed by atoms with Gasteiger partial charge < -0.3 is 29.5 Å². The number of nitrogens with zero attached hydrogens (tertiary/aromatic N) is 2. The SMILES string of the molecule is CN(C(=O)OCc1ccccc1)C1CCC(C(=O)O)CC1.CN(C(=O)OCc1ccccc1)C1CCC(C(=O)O)CC1. The molecule has 42 heavy (non-hydrogen) atoms. The zero-order chi connectivity index (χ0) is 30.5. The first-order valence-electron chi connectivity index (χ1n) is 14.5. The Bertz CT molecular complexity index is 1050. The molecule has 0 heterocycles. The summed E-state index contributed by atoms with van der Waals surface area (Å²) in [5.41, 5.74) is 1.91. The Kier molecular flexibility index (Phi) is 12.7. The number of carboxylic acids is 2. The van der Waals surface area contributed by atoms with Crippen molar-refractivity contribution in [2.45, 2.75) is 76.7 Å². The molecule has 0 saturated heterocycles. The first kappa shape index (κ1) is 32.4. The number of hydrogen-bond acceptors (Lipinski definition) is 6. The Labute approximate surface area is 247 Å². The van der Waals surface area contributed by atoms with E-state index >= 15 is 0 Å². The van der Waals surface area contributed by atoms with Crippen molar-refractivity contribution in [3.63, 3.8) is 0 Å². The number of hydrogen-bond donors (Lipinski definition) is 2. The number of carbonyl (C=O) groups excluding carboxylic acids is 2. The van der Waals surface area contributed by atoms with E-state index < -0.39 is 11.9 Å². The molecule has 0 aliphatic heterocycles. The summed E-state index contributed by atoms with van der Waals surface area (Å²) in [6.45, 7) is 0.517. The van der Waals surface area contributed by atoms with Crippen LogP contribution in [0.1, 0.15) is 62.5 Å². The molecule has 2 saturated carbocycles. The van der Waals surface area contributed by atoms with Gasteiger partial charge in [-0.25, -0.2) is 9.59 Å². The molecule has 0 spiro atoms. The molecular formula is C32H42N2O8. The predicted octanol–water partition coefficient (Wildman–Crippen LogP) is 5.80. The standard InChI is InChI=1S/2C16H21NO4/c2*1-17(14-9-7-13(8-10-14)15(18)19)16(20)21-11-12-5-3-2-4-6-12/h2*2-6,13-14H,7-11H2,1H3,(H,18,19). The lowest BCUT2D eigenvalue weighted by Gasteiger charge is -2.32. The average molecular weight is 583 g/mol. The third-order valence-corrected chi connectivity index (χ3v) is 8.17. The van der Waals surface area contributed by atoms with Crippen LogP contribution in [-0.2, 0) is 32.3 Å². The molecular weight excluding hydrogens is 540 g/mol. The quantitative estimate of drug-likeness (QED) is 0.399. The van der Waals surface area contributed by atoms with E-state index in [-0.39, 0.29) is 49.3 Å². The minimum absolute atomic E-state index is 0.0730. The van der Waals surface area contributed by atoms with E-state index in [9.17, 15) is 19.2 Å². The lowest BCUT2D eigenvalue weighted by atomic mass is 9.85. The monoisotopic (exact) mass is 582 g/mol. The first-order valence-corrected chi connectivity index (χ1v) is 14.5. The molecule has 2 aliphatic carbocycles. The van der Waals surface area contributed by atoms with Gasteiger partial charge in [-0.1, -0.05) is 60.7 Å². The third kappa shape index (κ3) is 10.1. The zero-order valence-electron chi connectivity index (χ0n) is 24.4. The van der Waals surface area contributed by atoms with E-state index in [2.05, 4.69) is 0 Å². The van der Waals surface area contributed by atoms with Crippen LogP contribution in [0.3, 0.4) is 0 Å². The molecule has 0 atom stereocenters. The second kappa shape index (κ2) is 16.4. The molecule has 10 heteroatoms. The summed E-state index contributed by atoms with van der Waals surface area (Å²) >= 11 is 0. The van der Waals surface area contributed by atoms with Gasteiger partial charge in [-0.15, -0.1) is 0 Å². The largest absolute Gasteiger partial charge is 0.481 e. The van der Waals surface area contributed by atoms with E-state index in [1.807, 2.05) is 60.7 Å². The average Bonchev–Trinajstić information content (AvgIpc) is 3.03. The first-order chi connectivity index (χ1) is 20.2. The molecule has 228 valence electrons. The second-order valence-electron chi connectivity index (χ2n) is 11.0. The van der Waals surface area contributed by atoms with Gasteiger partial charge >= 0.3 is 24.1 Å². The van der Waals surface area contributed by atoms with Crippen LogP contribution in [0.2, 0.25) is 0 Å². The lowest BCUT2D eigenvalue weighted by Crippen LogP contribution is -2.40. The molecule has 2 aromatic carbocycles. The van der Waals surface area contributed by atoms with Crippen molar-refractivity contribution in [3.05, 3.63) is 71.8 Å². The van der Waals surface area contributed by atoms with Crippen molar-refractivity contribution in [2.75, 3.05) is 14.1 Å². The van der Waals surface area contributed by atoms with Crippen LogP contribution in [0.4, 0.5) is 9.59 Å².